The summed E-state index contributed by atoms with van der Waals surface area (Å²) in [5.41, 5.74) is -0.435. The standard InChI is InChI=1S/C6H9BF3O.K/c8-7(9,10)5-1-3-6(11)4-2-5;/h1,6,11H,2-4H2;/q-1;+1. The van der Waals surface area contributed by atoms with Crippen LogP contribution >= 0.6 is 0 Å². The van der Waals surface area contributed by atoms with Gasteiger partial charge in [-0.2, -0.15) is 0 Å². The van der Waals surface area contributed by atoms with E-state index in [9.17, 15) is 12.9 Å². The number of allylic oxidation sites excluding steroid dienone is 1. The quantitative estimate of drug-likeness (QED) is 0.534. The Morgan fingerprint density at radius 3 is 2.33 bits per heavy atom. The van der Waals surface area contributed by atoms with Crippen LogP contribution in [0.15, 0.2) is 11.5 Å². The van der Waals surface area contributed by atoms with Crippen molar-refractivity contribution in [2.75, 3.05) is 0 Å². The Morgan fingerprint density at radius 1 is 1.42 bits per heavy atom. The van der Waals surface area contributed by atoms with Crippen LogP contribution in [0.25, 0.3) is 0 Å². The van der Waals surface area contributed by atoms with Crippen molar-refractivity contribution in [3.05, 3.63) is 11.5 Å². The maximum atomic E-state index is 12.0. The summed E-state index contributed by atoms with van der Waals surface area (Å²) in [7, 11) is 0. The van der Waals surface area contributed by atoms with E-state index in [-0.39, 0.29) is 70.6 Å². The van der Waals surface area contributed by atoms with Crippen molar-refractivity contribution < 1.29 is 69.4 Å². The van der Waals surface area contributed by atoms with Gasteiger partial charge in [0.25, 0.3) is 0 Å². The van der Waals surface area contributed by atoms with E-state index in [2.05, 4.69) is 0 Å². The molecular formula is C6H9BF3KO. The number of hydrogen-bond acceptors (Lipinski definition) is 1. The monoisotopic (exact) mass is 204 g/mol. The molecule has 0 saturated carbocycles. The van der Waals surface area contributed by atoms with Crippen LogP contribution in [0.3, 0.4) is 0 Å². The molecule has 1 aliphatic rings. The zero-order chi connectivity index (χ0) is 8.48. The fraction of sp³-hybridized carbons (Fsp3) is 0.667. The Bertz CT molecular complexity index is 180. The number of rotatable bonds is 1. The van der Waals surface area contributed by atoms with Gasteiger partial charge in [-0.3, -0.25) is 0 Å². The normalized spacial score (nSPS) is 24.3. The van der Waals surface area contributed by atoms with Gasteiger partial charge in [-0.15, -0.1) is 11.5 Å². The Morgan fingerprint density at radius 2 is 2.00 bits per heavy atom. The predicted octanol–water partition coefficient (Wildman–Crippen LogP) is -1.15. The number of aliphatic hydroxyl groups excluding tert-OH is 1. The third kappa shape index (κ3) is 3.93. The molecule has 1 rings (SSSR count). The molecular weight excluding hydrogens is 195 g/mol. The van der Waals surface area contributed by atoms with E-state index in [4.69, 9.17) is 5.11 Å². The van der Waals surface area contributed by atoms with Gasteiger partial charge in [-0.25, -0.2) is 0 Å². The van der Waals surface area contributed by atoms with Gasteiger partial charge in [-0.1, -0.05) is 6.42 Å². The zero-order valence-corrected chi connectivity index (χ0v) is 10.1. The summed E-state index contributed by atoms with van der Waals surface area (Å²) in [6.07, 6.45) is 0.902. The molecule has 0 bridgehead atoms. The van der Waals surface area contributed by atoms with Crippen LogP contribution in [0, 0.1) is 0 Å². The van der Waals surface area contributed by atoms with E-state index in [1.165, 1.54) is 0 Å². The summed E-state index contributed by atoms with van der Waals surface area (Å²) in [5.74, 6) is 0. The minimum atomic E-state index is -4.80. The van der Waals surface area contributed by atoms with Crippen LogP contribution in [0.2, 0.25) is 0 Å². The molecule has 0 fully saturated rings. The van der Waals surface area contributed by atoms with E-state index in [1.54, 1.807) is 0 Å². The summed E-state index contributed by atoms with van der Waals surface area (Å²) in [4.78, 5) is 0. The third-order valence-corrected chi connectivity index (χ3v) is 1.84. The van der Waals surface area contributed by atoms with Crippen LogP contribution in [0.1, 0.15) is 19.3 Å². The number of aliphatic hydroxyl groups is 1. The Hall–Kier alpha value is 1.19. The molecule has 64 valence electrons. The molecule has 1 unspecified atom stereocenters. The largest absolute Gasteiger partial charge is 1.00 e. The van der Waals surface area contributed by atoms with Crippen LogP contribution in [-0.2, 0) is 0 Å². The van der Waals surface area contributed by atoms with Gasteiger partial charge < -0.3 is 18.1 Å². The molecule has 12 heavy (non-hydrogen) atoms. The second-order valence-electron chi connectivity index (χ2n) is 2.78. The van der Waals surface area contributed by atoms with Crippen LogP contribution in [0.5, 0.6) is 0 Å². The van der Waals surface area contributed by atoms with Gasteiger partial charge >= 0.3 is 58.4 Å². The summed E-state index contributed by atoms with van der Waals surface area (Å²) in [5, 5.41) is 8.89. The molecule has 1 atom stereocenters. The predicted molar refractivity (Wildman–Crippen MR) is 37.0 cm³/mol. The smallest absolute Gasteiger partial charge is 0.445 e. The third-order valence-electron chi connectivity index (χ3n) is 1.84. The second kappa shape index (κ2) is 5.17. The second-order valence-corrected chi connectivity index (χ2v) is 2.78. The van der Waals surface area contributed by atoms with Crippen molar-refractivity contribution in [1.29, 1.82) is 0 Å². The molecule has 0 aromatic carbocycles. The first-order valence-electron chi connectivity index (χ1n) is 3.57. The molecule has 1 nitrogen and oxygen atoms in total. The molecule has 0 aliphatic heterocycles. The van der Waals surface area contributed by atoms with E-state index in [0.717, 1.165) is 6.08 Å². The fourth-order valence-corrected chi connectivity index (χ4v) is 1.14. The molecule has 6 heteroatoms. The summed E-state index contributed by atoms with van der Waals surface area (Å²) in [6.45, 7) is -4.80. The number of halogens is 3. The van der Waals surface area contributed by atoms with E-state index in [1.807, 2.05) is 0 Å². The van der Waals surface area contributed by atoms with Crippen molar-refractivity contribution >= 4 is 6.98 Å². The molecule has 1 aliphatic carbocycles. The van der Waals surface area contributed by atoms with Crippen LogP contribution in [-0.4, -0.2) is 18.2 Å². The molecule has 0 saturated heterocycles. The molecule has 1 N–H and O–H groups in total. The van der Waals surface area contributed by atoms with Crippen molar-refractivity contribution in [2.24, 2.45) is 0 Å². The Kier molecular flexibility index (Phi) is 5.68. The fourth-order valence-electron chi connectivity index (χ4n) is 1.14. The van der Waals surface area contributed by atoms with Gasteiger partial charge in [0.15, 0.2) is 0 Å². The molecule has 0 spiro atoms. The topological polar surface area (TPSA) is 20.2 Å². The Labute approximate surface area is 112 Å². The minimum absolute atomic E-state index is 0. The molecule has 0 heterocycles. The van der Waals surface area contributed by atoms with Crippen molar-refractivity contribution in [1.82, 2.24) is 0 Å². The summed E-state index contributed by atoms with van der Waals surface area (Å²) in [6, 6.07) is 0. The van der Waals surface area contributed by atoms with Crippen molar-refractivity contribution in [3.8, 4) is 0 Å². The van der Waals surface area contributed by atoms with Gasteiger partial charge in [-0.05, 0) is 12.8 Å². The van der Waals surface area contributed by atoms with E-state index >= 15 is 0 Å². The summed E-state index contributed by atoms with van der Waals surface area (Å²) < 4.78 is 35.9. The average molecular weight is 204 g/mol. The molecule has 0 aromatic rings. The SMILES string of the molecule is OC1CC=C([B-](F)(F)F)CC1.[K+]. The summed E-state index contributed by atoms with van der Waals surface area (Å²) >= 11 is 0. The first kappa shape index (κ1) is 13.2. The minimum Gasteiger partial charge on any atom is -0.445 e. The van der Waals surface area contributed by atoms with Gasteiger partial charge in [0, 0.05) is 0 Å². The van der Waals surface area contributed by atoms with Gasteiger partial charge in [0.2, 0.25) is 0 Å². The zero-order valence-electron chi connectivity index (χ0n) is 6.93. The Balaban J connectivity index is 0.00000121. The van der Waals surface area contributed by atoms with Gasteiger partial charge in [0.1, 0.15) is 0 Å². The molecule has 0 radical (unpaired) electrons. The maximum absolute atomic E-state index is 12.0. The number of hydrogen-bond donors (Lipinski definition) is 1. The first-order valence-corrected chi connectivity index (χ1v) is 3.57. The van der Waals surface area contributed by atoms with E-state index < -0.39 is 18.6 Å². The molecule has 0 amide bonds. The first-order chi connectivity index (χ1) is 5.00. The van der Waals surface area contributed by atoms with Crippen molar-refractivity contribution in [3.63, 3.8) is 0 Å². The van der Waals surface area contributed by atoms with Crippen molar-refractivity contribution in [2.45, 2.75) is 25.4 Å². The van der Waals surface area contributed by atoms with Gasteiger partial charge in [0.05, 0.1) is 6.10 Å². The maximum Gasteiger partial charge on any atom is 1.00 e. The van der Waals surface area contributed by atoms with Crippen LogP contribution in [0.4, 0.5) is 12.9 Å². The van der Waals surface area contributed by atoms with E-state index in [0.29, 0.717) is 0 Å². The average Bonchev–Trinajstić information content (AvgIpc) is 1.86. The van der Waals surface area contributed by atoms with Crippen LogP contribution < -0.4 is 51.4 Å². The molecule has 0 aromatic heterocycles.